The number of halogens is 1. The SMILES string of the molecule is Cc1cc(Cl)ccc1NC(=O)CN1C(=O)[C@@H]2CCCC[C@H]2C1=O. The normalized spacial score (nSPS) is 23.8. The molecule has 122 valence electrons. The molecule has 23 heavy (non-hydrogen) atoms. The summed E-state index contributed by atoms with van der Waals surface area (Å²) in [5.74, 6) is -1.19. The van der Waals surface area contributed by atoms with Crippen LogP contribution in [0.1, 0.15) is 31.2 Å². The number of benzene rings is 1. The standard InChI is InChI=1S/C17H19ClN2O3/c1-10-8-11(18)6-7-14(10)19-15(21)9-20-16(22)12-4-2-3-5-13(12)17(20)23/h6-8,12-13H,2-5,9H2,1H3,(H,19,21)/t12-,13-/m1/s1. The monoisotopic (exact) mass is 334 g/mol. The highest BCUT2D eigenvalue weighted by Gasteiger charge is 2.48. The van der Waals surface area contributed by atoms with Gasteiger partial charge in [-0.3, -0.25) is 19.3 Å². The van der Waals surface area contributed by atoms with Crippen molar-refractivity contribution >= 4 is 35.0 Å². The summed E-state index contributed by atoms with van der Waals surface area (Å²) in [6.45, 7) is 1.62. The van der Waals surface area contributed by atoms with Gasteiger partial charge in [0.05, 0.1) is 11.8 Å². The zero-order valence-corrected chi connectivity index (χ0v) is 13.7. The first-order valence-corrected chi connectivity index (χ1v) is 8.26. The maximum atomic E-state index is 12.4. The Balaban J connectivity index is 1.68. The molecule has 0 spiro atoms. The van der Waals surface area contributed by atoms with Crippen molar-refractivity contribution in [3.8, 4) is 0 Å². The molecule has 3 amide bonds. The fourth-order valence-electron chi connectivity index (χ4n) is 3.49. The number of nitrogens with zero attached hydrogens (tertiary/aromatic N) is 1. The summed E-state index contributed by atoms with van der Waals surface area (Å²) in [5, 5.41) is 3.34. The number of hydrogen-bond donors (Lipinski definition) is 1. The summed E-state index contributed by atoms with van der Waals surface area (Å²) in [7, 11) is 0. The van der Waals surface area contributed by atoms with Gasteiger partial charge >= 0.3 is 0 Å². The minimum atomic E-state index is -0.365. The van der Waals surface area contributed by atoms with Crippen molar-refractivity contribution in [2.45, 2.75) is 32.6 Å². The van der Waals surface area contributed by atoms with E-state index in [1.165, 1.54) is 0 Å². The van der Waals surface area contributed by atoms with E-state index in [0.717, 1.165) is 36.1 Å². The fourth-order valence-corrected chi connectivity index (χ4v) is 3.71. The van der Waals surface area contributed by atoms with Crippen molar-refractivity contribution in [3.63, 3.8) is 0 Å². The van der Waals surface area contributed by atoms with Crippen molar-refractivity contribution < 1.29 is 14.4 Å². The lowest BCUT2D eigenvalue weighted by Gasteiger charge is -2.19. The zero-order chi connectivity index (χ0) is 16.6. The predicted molar refractivity (Wildman–Crippen MR) is 87.0 cm³/mol. The maximum absolute atomic E-state index is 12.4. The van der Waals surface area contributed by atoms with E-state index in [1.54, 1.807) is 18.2 Å². The van der Waals surface area contributed by atoms with Crippen LogP contribution in [0.15, 0.2) is 18.2 Å². The van der Waals surface area contributed by atoms with E-state index in [1.807, 2.05) is 6.92 Å². The molecular formula is C17H19ClN2O3. The van der Waals surface area contributed by atoms with Crippen molar-refractivity contribution in [2.24, 2.45) is 11.8 Å². The van der Waals surface area contributed by atoms with Gasteiger partial charge in [0, 0.05) is 10.7 Å². The molecule has 0 unspecified atom stereocenters. The largest absolute Gasteiger partial charge is 0.324 e. The summed E-state index contributed by atoms with van der Waals surface area (Å²) < 4.78 is 0. The van der Waals surface area contributed by atoms with Crippen LogP contribution in [0.25, 0.3) is 0 Å². The number of aryl methyl sites for hydroxylation is 1. The lowest BCUT2D eigenvalue weighted by molar-refractivity contribution is -0.142. The number of imide groups is 1. The van der Waals surface area contributed by atoms with Crippen LogP contribution < -0.4 is 5.32 Å². The summed E-state index contributed by atoms with van der Waals surface area (Å²) in [4.78, 5) is 38.1. The molecule has 1 saturated heterocycles. The van der Waals surface area contributed by atoms with Gasteiger partial charge in [-0.1, -0.05) is 24.4 Å². The smallest absolute Gasteiger partial charge is 0.244 e. The Morgan fingerprint density at radius 1 is 1.22 bits per heavy atom. The lowest BCUT2D eigenvalue weighted by atomic mass is 9.81. The first-order valence-electron chi connectivity index (χ1n) is 7.88. The number of rotatable bonds is 3. The fraction of sp³-hybridized carbons (Fsp3) is 0.471. The maximum Gasteiger partial charge on any atom is 0.244 e. The molecular weight excluding hydrogens is 316 g/mol. The third-order valence-corrected chi connectivity index (χ3v) is 4.93. The number of likely N-dealkylation sites (tertiary alicyclic amines) is 1. The molecule has 1 aromatic rings. The highest BCUT2D eigenvalue weighted by atomic mass is 35.5. The number of amides is 3. The second kappa shape index (κ2) is 6.32. The average Bonchev–Trinajstić information content (AvgIpc) is 2.76. The Hall–Kier alpha value is -1.88. The van der Waals surface area contributed by atoms with Crippen LogP contribution >= 0.6 is 11.6 Å². The van der Waals surface area contributed by atoms with Crippen LogP contribution in [0.4, 0.5) is 5.69 Å². The summed E-state index contributed by atoms with van der Waals surface area (Å²) in [6, 6.07) is 5.14. The molecule has 1 aliphatic carbocycles. The number of fused-ring (bicyclic) bond motifs is 1. The Morgan fingerprint density at radius 2 is 1.83 bits per heavy atom. The van der Waals surface area contributed by atoms with Gasteiger partial charge in [0.1, 0.15) is 6.54 Å². The van der Waals surface area contributed by atoms with Gasteiger partial charge in [-0.15, -0.1) is 0 Å². The molecule has 1 N–H and O–H groups in total. The molecule has 0 radical (unpaired) electrons. The lowest BCUT2D eigenvalue weighted by Crippen LogP contribution is -2.38. The van der Waals surface area contributed by atoms with E-state index in [-0.39, 0.29) is 36.1 Å². The topological polar surface area (TPSA) is 66.5 Å². The second-order valence-electron chi connectivity index (χ2n) is 6.27. The minimum Gasteiger partial charge on any atom is -0.324 e. The van der Waals surface area contributed by atoms with E-state index in [0.29, 0.717) is 10.7 Å². The number of anilines is 1. The molecule has 2 aliphatic rings. The first-order chi connectivity index (χ1) is 11.0. The molecule has 1 heterocycles. The Morgan fingerprint density at radius 3 is 2.39 bits per heavy atom. The third-order valence-electron chi connectivity index (χ3n) is 4.70. The van der Waals surface area contributed by atoms with Crippen LogP contribution in [-0.2, 0) is 14.4 Å². The van der Waals surface area contributed by atoms with Gasteiger partial charge < -0.3 is 5.32 Å². The van der Waals surface area contributed by atoms with Crippen molar-refractivity contribution in [1.29, 1.82) is 0 Å². The molecule has 1 saturated carbocycles. The van der Waals surface area contributed by atoms with E-state index >= 15 is 0 Å². The first kappa shape index (κ1) is 16.0. The highest BCUT2D eigenvalue weighted by molar-refractivity contribution is 6.30. The van der Waals surface area contributed by atoms with Crippen molar-refractivity contribution in [1.82, 2.24) is 4.90 Å². The molecule has 2 atom stereocenters. The molecule has 2 fully saturated rings. The van der Waals surface area contributed by atoms with Crippen LogP contribution in [-0.4, -0.2) is 29.2 Å². The van der Waals surface area contributed by atoms with Crippen LogP contribution in [0.5, 0.6) is 0 Å². The minimum absolute atomic E-state index is 0.192. The summed E-state index contributed by atoms with van der Waals surface area (Å²) in [5.41, 5.74) is 1.47. The van der Waals surface area contributed by atoms with Gasteiger partial charge in [-0.2, -0.15) is 0 Å². The molecule has 5 nitrogen and oxygen atoms in total. The molecule has 0 aromatic heterocycles. The molecule has 1 aliphatic heterocycles. The van der Waals surface area contributed by atoms with Crippen LogP contribution in [0.2, 0.25) is 5.02 Å². The number of hydrogen-bond acceptors (Lipinski definition) is 3. The second-order valence-corrected chi connectivity index (χ2v) is 6.70. The van der Waals surface area contributed by atoms with E-state index < -0.39 is 0 Å². The third kappa shape index (κ3) is 3.11. The van der Waals surface area contributed by atoms with Gasteiger partial charge in [0.25, 0.3) is 0 Å². The Labute approximate surface area is 140 Å². The molecule has 0 bridgehead atoms. The van der Waals surface area contributed by atoms with Crippen molar-refractivity contribution in [2.75, 3.05) is 11.9 Å². The number of carbonyl (C=O) groups excluding carboxylic acids is 3. The zero-order valence-electron chi connectivity index (χ0n) is 13.0. The van der Waals surface area contributed by atoms with Gasteiger partial charge in [-0.25, -0.2) is 0 Å². The summed E-state index contributed by atoms with van der Waals surface area (Å²) in [6.07, 6.45) is 3.46. The van der Waals surface area contributed by atoms with Crippen LogP contribution in [0.3, 0.4) is 0 Å². The average molecular weight is 335 g/mol. The van der Waals surface area contributed by atoms with Gasteiger partial charge in [-0.05, 0) is 43.5 Å². The Bertz CT molecular complexity index is 650. The quantitative estimate of drug-likeness (QED) is 0.864. The summed E-state index contributed by atoms with van der Waals surface area (Å²) >= 11 is 5.89. The van der Waals surface area contributed by atoms with E-state index in [2.05, 4.69) is 5.32 Å². The molecule has 1 aromatic carbocycles. The van der Waals surface area contributed by atoms with Gasteiger partial charge in [0.15, 0.2) is 0 Å². The predicted octanol–water partition coefficient (Wildman–Crippen LogP) is 2.76. The van der Waals surface area contributed by atoms with E-state index in [9.17, 15) is 14.4 Å². The van der Waals surface area contributed by atoms with Crippen molar-refractivity contribution in [3.05, 3.63) is 28.8 Å². The number of carbonyl (C=O) groups is 3. The molecule has 6 heteroatoms. The van der Waals surface area contributed by atoms with E-state index in [4.69, 9.17) is 11.6 Å². The Kier molecular flexibility index (Phi) is 4.39. The molecule has 3 rings (SSSR count). The highest BCUT2D eigenvalue weighted by Crippen LogP contribution is 2.37. The van der Waals surface area contributed by atoms with Gasteiger partial charge in [0.2, 0.25) is 17.7 Å². The number of nitrogens with one attached hydrogen (secondary N) is 1. The van der Waals surface area contributed by atoms with Crippen LogP contribution in [0, 0.1) is 18.8 Å².